The zero-order valence-corrected chi connectivity index (χ0v) is 15.4. The Kier molecular flexibility index (Phi) is 4.91. The summed E-state index contributed by atoms with van der Waals surface area (Å²) in [5.74, 6) is 0.534. The standard InChI is InChI=1S/C20H32O5/c1-18-8-7-17(24)19(2,10-21)16(18)6-3-13-9-14(4-5-15(13)18)20(25,11-22)12-23/h3,14-16,21-23,25H,4-12H2,1-2H3. The number of allylic oxidation sites excluding steroid dienone is 2. The van der Waals surface area contributed by atoms with Gasteiger partial charge >= 0.3 is 0 Å². The van der Waals surface area contributed by atoms with Crippen LogP contribution in [0.4, 0.5) is 0 Å². The fraction of sp³-hybridized carbons (Fsp3) is 0.850. The number of ketones is 1. The van der Waals surface area contributed by atoms with Gasteiger partial charge < -0.3 is 20.4 Å². The van der Waals surface area contributed by atoms with Crippen molar-refractivity contribution in [1.29, 1.82) is 0 Å². The molecule has 0 aliphatic heterocycles. The summed E-state index contributed by atoms with van der Waals surface area (Å²) < 4.78 is 0. The first kappa shape index (κ1) is 19.0. The van der Waals surface area contributed by atoms with Crippen molar-refractivity contribution in [3.8, 4) is 0 Å². The molecule has 3 rings (SSSR count). The maximum atomic E-state index is 12.5. The Bertz CT molecular complexity index is 566. The molecular formula is C20H32O5. The molecule has 0 heterocycles. The van der Waals surface area contributed by atoms with E-state index in [9.17, 15) is 25.2 Å². The van der Waals surface area contributed by atoms with E-state index in [0.29, 0.717) is 18.8 Å². The number of hydrogen-bond donors (Lipinski definition) is 4. The summed E-state index contributed by atoms with van der Waals surface area (Å²) in [5.41, 5.74) is -0.809. The lowest BCUT2D eigenvalue weighted by Gasteiger charge is -2.58. The second kappa shape index (κ2) is 6.45. The number of aliphatic hydroxyl groups excluding tert-OH is 3. The number of Topliss-reactive ketones (excluding diaryl/α,β-unsaturated/α-hetero) is 1. The minimum absolute atomic E-state index is 0.0169. The van der Waals surface area contributed by atoms with Crippen molar-refractivity contribution >= 4 is 5.78 Å². The Morgan fingerprint density at radius 1 is 1.20 bits per heavy atom. The number of carbonyl (C=O) groups excluding carboxylic acids is 1. The molecule has 0 aromatic carbocycles. The van der Waals surface area contributed by atoms with Gasteiger partial charge in [0.2, 0.25) is 0 Å². The van der Waals surface area contributed by atoms with Crippen molar-refractivity contribution in [3.63, 3.8) is 0 Å². The number of hydrogen-bond acceptors (Lipinski definition) is 5. The van der Waals surface area contributed by atoms with Crippen molar-refractivity contribution in [2.24, 2.45) is 28.6 Å². The summed E-state index contributed by atoms with van der Waals surface area (Å²) >= 11 is 0. The van der Waals surface area contributed by atoms with Gasteiger partial charge in [-0.15, -0.1) is 0 Å². The molecule has 5 atom stereocenters. The molecule has 0 amide bonds. The molecule has 0 radical (unpaired) electrons. The summed E-state index contributed by atoms with van der Waals surface area (Å²) in [6.07, 6.45) is 6.68. The molecule has 3 aliphatic carbocycles. The molecule has 0 aromatic rings. The highest BCUT2D eigenvalue weighted by Gasteiger charge is 2.58. The summed E-state index contributed by atoms with van der Waals surface area (Å²) in [5, 5.41) is 39.5. The molecule has 5 heteroatoms. The molecule has 5 unspecified atom stereocenters. The van der Waals surface area contributed by atoms with Crippen molar-refractivity contribution in [2.45, 2.75) is 58.0 Å². The van der Waals surface area contributed by atoms with E-state index in [1.807, 2.05) is 6.92 Å². The third-order valence-electron chi connectivity index (χ3n) is 7.87. The molecule has 0 spiro atoms. The topological polar surface area (TPSA) is 98.0 Å². The lowest BCUT2D eigenvalue weighted by Crippen LogP contribution is -2.56. The monoisotopic (exact) mass is 352 g/mol. The van der Waals surface area contributed by atoms with E-state index < -0.39 is 24.2 Å². The van der Waals surface area contributed by atoms with Crippen LogP contribution in [0.15, 0.2) is 11.6 Å². The van der Waals surface area contributed by atoms with E-state index >= 15 is 0 Å². The molecule has 25 heavy (non-hydrogen) atoms. The van der Waals surface area contributed by atoms with Crippen LogP contribution in [0.2, 0.25) is 0 Å². The summed E-state index contributed by atoms with van der Waals surface area (Å²) in [6.45, 7) is 3.23. The SMILES string of the molecule is CC1(CO)C(=O)CCC2(C)C3CCC(C(O)(CO)CO)CC3=CCC12. The van der Waals surface area contributed by atoms with E-state index in [4.69, 9.17) is 0 Å². The molecule has 142 valence electrons. The van der Waals surface area contributed by atoms with Crippen LogP contribution in [0.3, 0.4) is 0 Å². The minimum Gasteiger partial charge on any atom is -0.395 e. The highest BCUT2D eigenvalue weighted by atomic mass is 16.4. The van der Waals surface area contributed by atoms with Crippen LogP contribution < -0.4 is 0 Å². The second-order valence-corrected chi connectivity index (χ2v) is 9.02. The highest BCUT2D eigenvalue weighted by Crippen LogP contribution is 2.61. The van der Waals surface area contributed by atoms with Crippen molar-refractivity contribution in [2.75, 3.05) is 19.8 Å². The van der Waals surface area contributed by atoms with Crippen molar-refractivity contribution in [1.82, 2.24) is 0 Å². The molecule has 0 bridgehead atoms. The third kappa shape index (κ3) is 2.71. The summed E-state index contributed by atoms with van der Waals surface area (Å²) in [6, 6.07) is 0. The smallest absolute Gasteiger partial charge is 0.141 e. The van der Waals surface area contributed by atoms with Gasteiger partial charge in [-0.25, -0.2) is 0 Å². The molecule has 0 saturated heterocycles. The van der Waals surface area contributed by atoms with E-state index in [1.54, 1.807) is 0 Å². The van der Waals surface area contributed by atoms with Gasteiger partial charge in [0, 0.05) is 6.42 Å². The Labute approximate surface area is 149 Å². The molecule has 4 N–H and O–H groups in total. The van der Waals surface area contributed by atoms with Crippen LogP contribution in [-0.4, -0.2) is 51.6 Å². The van der Waals surface area contributed by atoms with Gasteiger partial charge in [0.1, 0.15) is 11.4 Å². The minimum atomic E-state index is -1.42. The third-order valence-corrected chi connectivity index (χ3v) is 7.87. The maximum Gasteiger partial charge on any atom is 0.141 e. The molecule has 2 saturated carbocycles. The Hall–Kier alpha value is -0.750. The van der Waals surface area contributed by atoms with E-state index in [0.717, 1.165) is 25.7 Å². The van der Waals surface area contributed by atoms with Crippen molar-refractivity contribution in [3.05, 3.63) is 11.6 Å². The first-order valence-corrected chi connectivity index (χ1v) is 9.52. The van der Waals surface area contributed by atoms with Crippen LogP contribution in [0, 0.1) is 28.6 Å². The number of aliphatic hydroxyl groups is 4. The molecular weight excluding hydrogens is 320 g/mol. The quantitative estimate of drug-likeness (QED) is 0.574. The van der Waals surface area contributed by atoms with Gasteiger partial charge in [0.15, 0.2) is 0 Å². The summed E-state index contributed by atoms with van der Waals surface area (Å²) in [7, 11) is 0. The number of carbonyl (C=O) groups is 1. The van der Waals surface area contributed by atoms with E-state index in [2.05, 4.69) is 13.0 Å². The van der Waals surface area contributed by atoms with Gasteiger partial charge in [0.25, 0.3) is 0 Å². The van der Waals surface area contributed by atoms with Crippen molar-refractivity contribution < 1.29 is 25.2 Å². The van der Waals surface area contributed by atoms with Crippen LogP contribution in [0.5, 0.6) is 0 Å². The molecule has 2 fully saturated rings. The zero-order chi connectivity index (χ0) is 18.5. The Morgan fingerprint density at radius 2 is 1.88 bits per heavy atom. The van der Waals surface area contributed by atoms with E-state index in [1.165, 1.54) is 5.57 Å². The second-order valence-electron chi connectivity index (χ2n) is 9.02. The Morgan fingerprint density at radius 3 is 2.48 bits per heavy atom. The first-order valence-electron chi connectivity index (χ1n) is 9.52. The van der Waals surface area contributed by atoms with Gasteiger partial charge in [-0.05, 0) is 55.3 Å². The zero-order valence-electron chi connectivity index (χ0n) is 15.4. The van der Waals surface area contributed by atoms with Crippen LogP contribution in [0.25, 0.3) is 0 Å². The van der Waals surface area contributed by atoms with Gasteiger partial charge in [0.05, 0.1) is 25.2 Å². The molecule has 5 nitrogen and oxygen atoms in total. The van der Waals surface area contributed by atoms with Crippen LogP contribution in [0.1, 0.15) is 52.4 Å². The predicted molar refractivity (Wildman–Crippen MR) is 93.7 cm³/mol. The lowest BCUT2D eigenvalue weighted by atomic mass is 9.46. The van der Waals surface area contributed by atoms with Gasteiger partial charge in [-0.1, -0.05) is 25.5 Å². The Balaban J connectivity index is 1.90. The number of fused-ring (bicyclic) bond motifs is 3. The average Bonchev–Trinajstić information content (AvgIpc) is 2.64. The highest BCUT2D eigenvalue weighted by molar-refractivity contribution is 5.86. The van der Waals surface area contributed by atoms with Crippen LogP contribution in [-0.2, 0) is 4.79 Å². The number of rotatable bonds is 4. The normalized spacial score (nSPS) is 41.8. The predicted octanol–water partition coefficient (Wildman–Crippen LogP) is 1.43. The van der Waals surface area contributed by atoms with E-state index in [-0.39, 0.29) is 29.6 Å². The molecule has 3 aliphatic rings. The summed E-state index contributed by atoms with van der Waals surface area (Å²) in [4.78, 5) is 12.5. The molecule has 0 aromatic heterocycles. The average molecular weight is 352 g/mol. The van der Waals surface area contributed by atoms with Gasteiger partial charge in [-0.3, -0.25) is 4.79 Å². The maximum absolute atomic E-state index is 12.5. The fourth-order valence-corrected chi connectivity index (χ4v) is 6.01. The fourth-order valence-electron chi connectivity index (χ4n) is 6.01. The largest absolute Gasteiger partial charge is 0.395 e. The first-order chi connectivity index (χ1) is 11.7. The van der Waals surface area contributed by atoms with Gasteiger partial charge in [-0.2, -0.15) is 0 Å². The van der Waals surface area contributed by atoms with Crippen LogP contribution >= 0.6 is 0 Å². The lowest BCUT2D eigenvalue weighted by molar-refractivity contribution is -0.152.